The van der Waals surface area contributed by atoms with Crippen LogP contribution in [0.4, 0.5) is 0 Å². The van der Waals surface area contributed by atoms with E-state index in [1.165, 1.54) is 22.8 Å². The molecule has 34 heavy (non-hydrogen) atoms. The number of hydrogen-bond donors (Lipinski definition) is 0. The van der Waals surface area contributed by atoms with Crippen molar-refractivity contribution in [1.29, 1.82) is 0 Å². The van der Waals surface area contributed by atoms with Crippen molar-refractivity contribution in [2.45, 2.75) is 5.92 Å². The van der Waals surface area contributed by atoms with Crippen molar-refractivity contribution in [1.82, 2.24) is 0 Å². The van der Waals surface area contributed by atoms with E-state index in [9.17, 15) is 9.59 Å². The van der Waals surface area contributed by atoms with Crippen LogP contribution in [0.3, 0.4) is 0 Å². The van der Waals surface area contributed by atoms with Crippen molar-refractivity contribution >= 4 is 139 Å². The molecule has 0 aliphatic carbocycles. The lowest BCUT2D eigenvalue weighted by molar-refractivity contribution is -0.147. The van der Waals surface area contributed by atoms with Gasteiger partial charge in [0.05, 0.1) is 30.1 Å². The third-order valence-electron chi connectivity index (χ3n) is 4.09. The highest BCUT2D eigenvalue weighted by atomic mass is 35.5. The second-order valence-electron chi connectivity index (χ2n) is 6.13. The van der Waals surface area contributed by atoms with E-state index in [-0.39, 0.29) is 55.8 Å². The van der Waals surface area contributed by atoms with Crippen molar-refractivity contribution < 1.29 is 19.1 Å². The molecule has 0 saturated heterocycles. The van der Waals surface area contributed by atoms with Crippen LogP contribution in [-0.4, -0.2) is 11.9 Å². The van der Waals surface area contributed by atoms with E-state index in [0.717, 1.165) is 0 Å². The first-order valence-corrected chi connectivity index (χ1v) is 13.1. The van der Waals surface area contributed by atoms with Crippen molar-refractivity contribution in [2.24, 2.45) is 0 Å². The molecule has 180 valence electrons. The molecule has 0 amide bonds. The highest BCUT2D eigenvalue weighted by molar-refractivity contribution is 7.08. The lowest BCUT2D eigenvalue weighted by Gasteiger charge is -2.18. The Labute approximate surface area is 246 Å². The number of ether oxygens (including phenoxy) is 2. The average Bonchev–Trinajstić information content (AvgIpc) is 3.33. The number of rotatable bonds is 5. The molecule has 0 N–H and O–H groups in total. The van der Waals surface area contributed by atoms with Crippen LogP contribution in [0.5, 0.6) is 11.5 Å². The maximum Gasteiger partial charge on any atom is 0.330 e. The van der Waals surface area contributed by atoms with Gasteiger partial charge in [0.1, 0.15) is 20.1 Å². The summed E-state index contributed by atoms with van der Waals surface area (Å²) in [5, 5.41) is 0.821. The summed E-state index contributed by atoms with van der Waals surface area (Å²) in [4.78, 5) is 26.2. The molecule has 0 aliphatic rings. The Bertz CT molecular complexity index is 1170. The Morgan fingerprint density at radius 2 is 0.912 bits per heavy atom. The highest BCUT2D eigenvalue weighted by Gasteiger charge is 2.36. The summed E-state index contributed by atoms with van der Waals surface area (Å²) in [7, 11) is 0. The molecule has 1 heterocycles. The fraction of sp³-hybridized carbons (Fsp3) is 0.0526. The minimum atomic E-state index is -1.65. The standard InChI is InChI=1S/C19H4Cl10O4S/c20-6-8(22)12(26)16(13(27)9(6)23)32-18(30)5(4-1-2-34-3-4)19(31)33-17-14(28)10(24)7(21)11(25)15(17)29/h1-3,5H. The van der Waals surface area contributed by atoms with Gasteiger partial charge in [0, 0.05) is 0 Å². The van der Waals surface area contributed by atoms with E-state index in [1.54, 1.807) is 5.38 Å². The molecule has 0 spiro atoms. The summed E-state index contributed by atoms with van der Waals surface area (Å²) >= 11 is 61.6. The van der Waals surface area contributed by atoms with E-state index in [0.29, 0.717) is 0 Å². The van der Waals surface area contributed by atoms with Crippen molar-refractivity contribution in [3.8, 4) is 11.5 Å². The zero-order valence-electron chi connectivity index (χ0n) is 15.6. The van der Waals surface area contributed by atoms with E-state index < -0.39 is 29.4 Å². The fourth-order valence-corrected chi connectivity index (χ4v) is 5.56. The summed E-state index contributed by atoms with van der Waals surface area (Å²) in [6, 6.07) is 1.49. The van der Waals surface area contributed by atoms with E-state index in [4.69, 9.17) is 125 Å². The van der Waals surface area contributed by atoms with Gasteiger partial charge in [-0.1, -0.05) is 116 Å². The molecule has 1 aromatic heterocycles. The Balaban J connectivity index is 2.03. The summed E-state index contributed by atoms with van der Waals surface area (Å²) in [5.74, 6) is -4.74. The molecule has 0 radical (unpaired) electrons. The summed E-state index contributed by atoms with van der Waals surface area (Å²) in [6.07, 6.45) is 0. The maximum atomic E-state index is 13.1. The van der Waals surface area contributed by atoms with Gasteiger partial charge in [-0.15, -0.1) is 0 Å². The Hall–Kier alpha value is -0.0200. The molecule has 3 rings (SSSR count). The second kappa shape index (κ2) is 11.6. The van der Waals surface area contributed by atoms with E-state index in [1.807, 2.05) is 0 Å². The van der Waals surface area contributed by atoms with Gasteiger partial charge in [-0.25, -0.2) is 0 Å². The Kier molecular flexibility index (Phi) is 9.72. The van der Waals surface area contributed by atoms with Gasteiger partial charge in [0.25, 0.3) is 0 Å². The molecule has 0 bridgehead atoms. The lowest BCUT2D eigenvalue weighted by Crippen LogP contribution is -2.29. The lowest BCUT2D eigenvalue weighted by atomic mass is 10.0. The van der Waals surface area contributed by atoms with Gasteiger partial charge in [-0.2, -0.15) is 11.3 Å². The maximum absolute atomic E-state index is 13.1. The summed E-state index contributed by atoms with van der Waals surface area (Å²) < 4.78 is 10.6. The van der Waals surface area contributed by atoms with Crippen LogP contribution < -0.4 is 9.47 Å². The SMILES string of the molecule is O=C(Oc1c(Cl)c(Cl)c(Cl)c(Cl)c1Cl)C(C(=O)Oc1c(Cl)c(Cl)c(Cl)c(Cl)c1Cl)c1ccsc1. The van der Waals surface area contributed by atoms with Gasteiger partial charge >= 0.3 is 11.9 Å². The first-order chi connectivity index (χ1) is 15.9. The van der Waals surface area contributed by atoms with Crippen LogP contribution in [0.1, 0.15) is 11.5 Å². The number of halogens is 10. The second-order valence-corrected chi connectivity index (χ2v) is 10.7. The molecule has 0 unspecified atom stereocenters. The number of esters is 2. The summed E-state index contributed by atoms with van der Waals surface area (Å²) in [5.41, 5.74) is 0.219. The smallest absolute Gasteiger partial charge is 0.330 e. The van der Waals surface area contributed by atoms with Crippen molar-refractivity contribution in [3.05, 3.63) is 72.6 Å². The first-order valence-electron chi connectivity index (χ1n) is 8.36. The van der Waals surface area contributed by atoms with Crippen LogP contribution in [-0.2, 0) is 9.59 Å². The molecule has 0 fully saturated rings. The van der Waals surface area contributed by atoms with Crippen LogP contribution in [0.2, 0.25) is 50.2 Å². The number of hydrogen-bond acceptors (Lipinski definition) is 5. The van der Waals surface area contributed by atoms with Crippen molar-refractivity contribution in [2.75, 3.05) is 0 Å². The normalized spacial score (nSPS) is 11.1. The van der Waals surface area contributed by atoms with Gasteiger partial charge in [0.2, 0.25) is 0 Å². The molecule has 2 aromatic carbocycles. The van der Waals surface area contributed by atoms with Gasteiger partial charge in [-0.3, -0.25) is 9.59 Å². The minimum absolute atomic E-state index is 0.146. The molecule has 3 aromatic rings. The van der Waals surface area contributed by atoms with Crippen LogP contribution in [0.15, 0.2) is 16.8 Å². The fourth-order valence-electron chi connectivity index (χ4n) is 2.48. The third-order valence-corrected chi connectivity index (χ3v) is 9.28. The van der Waals surface area contributed by atoms with E-state index in [2.05, 4.69) is 0 Å². The molecule has 0 saturated carbocycles. The van der Waals surface area contributed by atoms with Crippen LogP contribution in [0.25, 0.3) is 0 Å². The third kappa shape index (κ3) is 5.46. The van der Waals surface area contributed by atoms with Crippen LogP contribution >= 0.6 is 127 Å². The van der Waals surface area contributed by atoms with Gasteiger partial charge in [-0.05, 0) is 22.4 Å². The van der Waals surface area contributed by atoms with Crippen molar-refractivity contribution in [3.63, 3.8) is 0 Å². The topological polar surface area (TPSA) is 52.6 Å². The zero-order chi connectivity index (χ0) is 25.5. The zero-order valence-corrected chi connectivity index (χ0v) is 24.0. The molecular weight excluding hydrogens is 679 g/mol. The number of benzene rings is 2. The first kappa shape index (κ1) is 28.5. The minimum Gasteiger partial charge on any atom is -0.422 e. The quantitative estimate of drug-likeness (QED) is 0.0884. The summed E-state index contributed by atoms with van der Waals surface area (Å²) in [6.45, 7) is 0. The van der Waals surface area contributed by atoms with Gasteiger partial charge < -0.3 is 9.47 Å². The highest BCUT2D eigenvalue weighted by Crippen LogP contribution is 2.50. The molecule has 15 heteroatoms. The number of carbonyl (C=O) groups excluding carboxylic acids is 2. The van der Waals surface area contributed by atoms with E-state index >= 15 is 0 Å². The number of carbonyl (C=O) groups is 2. The average molecular weight is 683 g/mol. The predicted molar refractivity (Wildman–Crippen MR) is 141 cm³/mol. The monoisotopic (exact) mass is 678 g/mol. The number of thiophene rings is 1. The Morgan fingerprint density at radius 3 is 1.21 bits per heavy atom. The largest absolute Gasteiger partial charge is 0.422 e. The Morgan fingerprint density at radius 1 is 0.588 bits per heavy atom. The van der Waals surface area contributed by atoms with Crippen LogP contribution in [0, 0.1) is 0 Å². The van der Waals surface area contributed by atoms with Gasteiger partial charge in [0.15, 0.2) is 17.4 Å². The molecular formula is C19H4Cl10O4S. The molecule has 0 aliphatic heterocycles. The predicted octanol–water partition coefficient (Wildman–Crippen LogP) is 10.6. The molecule has 4 nitrogen and oxygen atoms in total. The molecule has 0 atom stereocenters.